The minimum Gasteiger partial charge on any atom is -0.468 e. The maximum atomic E-state index is 12.9. The van der Waals surface area contributed by atoms with E-state index in [0.717, 1.165) is 27.4 Å². The molecule has 2 N–H and O–H groups in total. The molecule has 0 spiro atoms. The Morgan fingerprint density at radius 2 is 1.97 bits per heavy atom. The standard InChI is InChI=1S/C24H22BrN3O4S/c1-13-6-4-9-18(14(13)2)27-19(29)12-33-23-17(11-26)20(15-7-5-8-16(25)10-15)21(22(30)28-23)24(31)32-3/h4-10,20-21H,12H2,1-3H3,(H,27,29)(H,28,30)/t20-,21+/m1/s1. The summed E-state index contributed by atoms with van der Waals surface area (Å²) in [5.74, 6) is -3.67. The number of ether oxygens (including phenoxy) is 1. The zero-order valence-electron chi connectivity index (χ0n) is 18.3. The Bertz CT molecular complexity index is 1190. The van der Waals surface area contributed by atoms with Crippen molar-refractivity contribution in [2.45, 2.75) is 19.8 Å². The summed E-state index contributed by atoms with van der Waals surface area (Å²) in [6.45, 7) is 3.88. The highest BCUT2D eigenvalue weighted by Gasteiger charge is 2.44. The van der Waals surface area contributed by atoms with Gasteiger partial charge in [-0.25, -0.2) is 0 Å². The number of carbonyl (C=O) groups is 3. The third-order valence-corrected chi connectivity index (χ3v) is 6.93. The van der Waals surface area contributed by atoms with Gasteiger partial charge in [-0.05, 0) is 48.7 Å². The van der Waals surface area contributed by atoms with Crippen molar-refractivity contribution >= 4 is 51.2 Å². The third-order valence-electron chi connectivity index (χ3n) is 5.42. The van der Waals surface area contributed by atoms with Crippen molar-refractivity contribution in [1.29, 1.82) is 5.26 Å². The molecule has 0 aromatic heterocycles. The topological polar surface area (TPSA) is 108 Å². The monoisotopic (exact) mass is 527 g/mol. The third kappa shape index (κ3) is 5.46. The Kier molecular flexibility index (Phi) is 7.95. The van der Waals surface area contributed by atoms with Crippen molar-refractivity contribution in [3.8, 4) is 6.07 Å². The quantitative estimate of drug-likeness (QED) is 0.431. The van der Waals surface area contributed by atoms with Gasteiger partial charge in [0.05, 0.1) is 29.5 Å². The number of nitrogens with one attached hydrogen (secondary N) is 2. The van der Waals surface area contributed by atoms with Crippen molar-refractivity contribution in [2.75, 3.05) is 18.2 Å². The number of thioether (sulfide) groups is 1. The first-order chi connectivity index (χ1) is 15.8. The van der Waals surface area contributed by atoms with Crippen LogP contribution in [-0.2, 0) is 19.1 Å². The molecule has 2 aromatic carbocycles. The van der Waals surface area contributed by atoms with Gasteiger partial charge in [-0.2, -0.15) is 5.26 Å². The predicted octanol–water partition coefficient (Wildman–Crippen LogP) is 4.18. The van der Waals surface area contributed by atoms with Crippen LogP contribution in [0.5, 0.6) is 0 Å². The summed E-state index contributed by atoms with van der Waals surface area (Å²) >= 11 is 4.44. The van der Waals surface area contributed by atoms with Gasteiger partial charge in [0.2, 0.25) is 11.8 Å². The second-order valence-corrected chi connectivity index (χ2v) is 9.36. The Morgan fingerprint density at radius 1 is 1.24 bits per heavy atom. The van der Waals surface area contributed by atoms with Crippen LogP contribution in [0.4, 0.5) is 5.69 Å². The van der Waals surface area contributed by atoms with Crippen LogP contribution in [0.1, 0.15) is 22.6 Å². The number of nitrogens with zero attached hydrogens (tertiary/aromatic N) is 1. The maximum Gasteiger partial charge on any atom is 0.319 e. The van der Waals surface area contributed by atoms with E-state index in [4.69, 9.17) is 4.74 Å². The molecule has 33 heavy (non-hydrogen) atoms. The van der Waals surface area contributed by atoms with Gasteiger partial charge in [0.15, 0.2) is 0 Å². The average molecular weight is 528 g/mol. The summed E-state index contributed by atoms with van der Waals surface area (Å²) in [6, 6.07) is 14.8. The first-order valence-electron chi connectivity index (χ1n) is 10.0. The van der Waals surface area contributed by atoms with Gasteiger partial charge in [-0.15, -0.1) is 0 Å². The Labute approximate surface area is 204 Å². The molecule has 1 aliphatic rings. The zero-order valence-corrected chi connectivity index (χ0v) is 20.7. The lowest BCUT2D eigenvalue weighted by molar-refractivity contribution is -0.150. The number of esters is 1. The van der Waals surface area contributed by atoms with E-state index in [2.05, 4.69) is 32.6 Å². The van der Waals surface area contributed by atoms with Crippen LogP contribution in [0.25, 0.3) is 0 Å². The molecule has 1 heterocycles. The number of methoxy groups -OCH3 is 1. The summed E-state index contributed by atoms with van der Waals surface area (Å²) in [7, 11) is 1.20. The smallest absolute Gasteiger partial charge is 0.319 e. The fourth-order valence-corrected chi connectivity index (χ4v) is 4.86. The molecule has 0 saturated heterocycles. The minimum atomic E-state index is -1.22. The number of amides is 2. The number of carbonyl (C=O) groups excluding carboxylic acids is 3. The van der Waals surface area contributed by atoms with Crippen LogP contribution in [0.2, 0.25) is 0 Å². The highest BCUT2D eigenvalue weighted by Crippen LogP contribution is 2.40. The van der Waals surface area contributed by atoms with Crippen LogP contribution in [-0.4, -0.2) is 30.6 Å². The van der Waals surface area contributed by atoms with Gasteiger partial charge in [-0.1, -0.05) is 52.0 Å². The van der Waals surface area contributed by atoms with E-state index < -0.39 is 23.7 Å². The molecule has 1 aliphatic heterocycles. The molecule has 0 saturated carbocycles. The molecule has 2 amide bonds. The van der Waals surface area contributed by atoms with Crippen molar-refractivity contribution in [1.82, 2.24) is 5.32 Å². The molecule has 0 unspecified atom stereocenters. The van der Waals surface area contributed by atoms with Gasteiger partial charge in [0.25, 0.3) is 0 Å². The van der Waals surface area contributed by atoms with Crippen molar-refractivity contribution in [2.24, 2.45) is 5.92 Å². The highest BCUT2D eigenvalue weighted by atomic mass is 79.9. The van der Waals surface area contributed by atoms with Gasteiger partial charge in [-0.3, -0.25) is 14.4 Å². The van der Waals surface area contributed by atoms with Gasteiger partial charge < -0.3 is 15.4 Å². The predicted molar refractivity (Wildman–Crippen MR) is 130 cm³/mol. The molecular weight excluding hydrogens is 506 g/mol. The zero-order chi connectivity index (χ0) is 24.1. The van der Waals surface area contributed by atoms with Crippen LogP contribution < -0.4 is 10.6 Å². The second kappa shape index (κ2) is 10.7. The number of aryl methyl sites for hydroxylation is 1. The fraction of sp³-hybridized carbons (Fsp3) is 0.250. The normalized spacial score (nSPS) is 17.7. The summed E-state index contributed by atoms with van der Waals surface area (Å²) < 4.78 is 5.59. The lowest BCUT2D eigenvalue weighted by atomic mass is 9.78. The maximum absolute atomic E-state index is 12.9. The van der Waals surface area contributed by atoms with Crippen LogP contribution in [0, 0.1) is 31.1 Å². The van der Waals surface area contributed by atoms with Gasteiger partial charge >= 0.3 is 5.97 Å². The minimum absolute atomic E-state index is 0.0255. The van der Waals surface area contributed by atoms with E-state index in [9.17, 15) is 19.6 Å². The molecule has 0 bridgehead atoms. The molecule has 170 valence electrons. The number of anilines is 1. The molecule has 3 rings (SSSR count). The van der Waals surface area contributed by atoms with Gasteiger partial charge in [0.1, 0.15) is 5.92 Å². The summed E-state index contributed by atoms with van der Waals surface area (Å²) in [5, 5.41) is 15.7. The van der Waals surface area contributed by atoms with Crippen LogP contribution >= 0.6 is 27.7 Å². The SMILES string of the molecule is COC(=O)[C@@H]1C(=O)NC(SCC(=O)Nc2cccc(C)c2C)=C(C#N)[C@H]1c1cccc(Br)c1. The molecule has 2 atom stereocenters. The number of hydrogen-bond donors (Lipinski definition) is 2. The summed E-state index contributed by atoms with van der Waals surface area (Å²) in [6.07, 6.45) is 0. The lowest BCUT2D eigenvalue weighted by Crippen LogP contribution is -2.44. The van der Waals surface area contributed by atoms with Crippen LogP contribution in [0.3, 0.4) is 0 Å². The Morgan fingerprint density at radius 3 is 2.64 bits per heavy atom. The molecule has 7 nitrogen and oxygen atoms in total. The van der Waals surface area contributed by atoms with Crippen molar-refractivity contribution < 1.29 is 19.1 Å². The van der Waals surface area contributed by atoms with E-state index in [1.165, 1.54) is 7.11 Å². The van der Waals surface area contributed by atoms with E-state index in [-0.39, 0.29) is 22.3 Å². The Balaban J connectivity index is 1.90. The van der Waals surface area contributed by atoms with Crippen molar-refractivity contribution in [3.63, 3.8) is 0 Å². The molecule has 9 heteroatoms. The van der Waals surface area contributed by atoms with E-state index in [1.54, 1.807) is 18.2 Å². The Hall–Kier alpha value is -3.09. The number of hydrogen-bond acceptors (Lipinski definition) is 6. The van der Waals surface area contributed by atoms with Crippen molar-refractivity contribution in [3.05, 3.63) is 74.2 Å². The number of halogens is 1. The van der Waals surface area contributed by atoms with Gasteiger partial charge in [0, 0.05) is 16.1 Å². The highest BCUT2D eigenvalue weighted by molar-refractivity contribution is 9.10. The number of nitriles is 1. The molecule has 0 radical (unpaired) electrons. The lowest BCUT2D eigenvalue weighted by Gasteiger charge is -2.31. The number of allylic oxidation sites excluding steroid dienone is 1. The molecule has 2 aromatic rings. The van der Waals surface area contributed by atoms with Crippen LogP contribution in [0.15, 0.2) is 57.5 Å². The fourth-order valence-electron chi connectivity index (χ4n) is 3.59. The molecule has 0 fully saturated rings. The van der Waals surface area contributed by atoms with E-state index >= 15 is 0 Å². The number of benzene rings is 2. The summed E-state index contributed by atoms with van der Waals surface area (Å²) in [5.41, 5.74) is 3.55. The second-order valence-electron chi connectivity index (χ2n) is 7.46. The molecular formula is C24H22BrN3O4S. The summed E-state index contributed by atoms with van der Waals surface area (Å²) in [4.78, 5) is 37.9. The first-order valence-corrected chi connectivity index (χ1v) is 11.8. The first kappa shape index (κ1) is 24.6. The number of rotatable bonds is 6. The van der Waals surface area contributed by atoms with E-state index in [1.807, 2.05) is 38.1 Å². The average Bonchev–Trinajstić information content (AvgIpc) is 2.79. The van der Waals surface area contributed by atoms with E-state index in [0.29, 0.717) is 11.3 Å². The molecule has 0 aliphatic carbocycles. The largest absolute Gasteiger partial charge is 0.468 e.